The van der Waals surface area contributed by atoms with Crippen LogP contribution in [0.15, 0.2) is 23.0 Å². The SMILES string of the molecule is CCN(CC(=O)NC(C)C)C(=O)c1ccc2c(=O)n3c(nc2c1)CCCCCC3. The second kappa shape index (κ2) is 9.20. The van der Waals surface area contributed by atoms with Crippen molar-refractivity contribution >= 4 is 22.7 Å². The monoisotopic (exact) mass is 398 g/mol. The van der Waals surface area contributed by atoms with Crippen LogP contribution in [-0.4, -0.2) is 45.4 Å². The molecule has 0 saturated carbocycles. The van der Waals surface area contributed by atoms with Crippen LogP contribution in [0, 0.1) is 0 Å². The fourth-order valence-corrected chi connectivity index (χ4v) is 3.78. The molecule has 29 heavy (non-hydrogen) atoms. The second-order valence-corrected chi connectivity index (χ2v) is 7.92. The highest BCUT2D eigenvalue weighted by atomic mass is 16.2. The fraction of sp³-hybridized carbons (Fsp3) is 0.545. The second-order valence-electron chi connectivity index (χ2n) is 7.92. The molecule has 0 spiro atoms. The Hall–Kier alpha value is -2.70. The Bertz CT molecular complexity index is 964. The van der Waals surface area contributed by atoms with E-state index < -0.39 is 0 Å². The number of carbonyl (C=O) groups is 2. The average molecular weight is 399 g/mol. The number of rotatable bonds is 5. The maximum atomic E-state index is 12.9. The van der Waals surface area contributed by atoms with Crippen molar-refractivity contribution in [1.82, 2.24) is 19.8 Å². The lowest BCUT2D eigenvalue weighted by atomic mass is 10.1. The van der Waals surface area contributed by atoms with E-state index in [0.717, 1.165) is 37.9 Å². The van der Waals surface area contributed by atoms with Gasteiger partial charge in [0.05, 0.1) is 17.4 Å². The van der Waals surface area contributed by atoms with Gasteiger partial charge in [-0.1, -0.05) is 12.8 Å². The molecule has 156 valence electrons. The molecule has 2 aromatic rings. The standard InChI is InChI=1S/C22H30N4O3/c1-4-25(14-20(27)23-15(2)3)21(28)16-10-11-17-18(13-16)24-19-9-7-5-6-8-12-26(19)22(17)29/h10-11,13,15H,4-9,12,14H2,1-3H3,(H,23,27). The third-order valence-corrected chi connectivity index (χ3v) is 5.27. The Morgan fingerprint density at radius 3 is 2.69 bits per heavy atom. The molecular weight excluding hydrogens is 368 g/mol. The summed E-state index contributed by atoms with van der Waals surface area (Å²) in [5, 5.41) is 3.34. The summed E-state index contributed by atoms with van der Waals surface area (Å²) in [6.45, 7) is 6.73. The minimum Gasteiger partial charge on any atom is -0.352 e. The number of aryl methyl sites for hydroxylation is 1. The molecule has 0 bridgehead atoms. The smallest absolute Gasteiger partial charge is 0.261 e. The normalized spacial score (nSPS) is 14.2. The van der Waals surface area contributed by atoms with Crippen molar-refractivity contribution in [1.29, 1.82) is 0 Å². The first-order valence-electron chi connectivity index (χ1n) is 10.5. The zero-order chi connectivity index (χ0) is 21.0. The molecule has 0 unspecified atom stereocenters. The molecular formula is C22H30N4O3. The van der Waals surface area contributed by atoms with Gasteiger partial charge in [-0.25, -0.2) is 4.98 Å². The number of likely N-dealkylation sites (N-methyl/N-ethyl adjacent to an activating group) is 1. The highest BCUT2D eigenvalue weighted by Gasteiger charge is 2.20. The highest BCUT2D eigenvalue weighted by molar-refractivity contribution is 5.99. The molecule has 0 fully saturated rings. The molecule has 1 aromatic heterocycles. The number of nitrogens with zero attached hydrogens (tertiary/aromatic N) is 3. The number of amides is 2. The molecule has 1 aliphatic heterocycles. The molecule has 7 nitrogen and oxygen atoms in total. The van der Waals surface area contributed by atoms with Crippen molar-refractivity contribution in [2.75, 3.05) is 13.1 Å². The van der Waals surface area contributed by atoms with Crippen LogP contribution in [0.5, 0.6) is 0 Å². The Morgan fingerprint density at radius 2 is 1.97 bits per heavy atom. The van der Waals surface area contributed by atoms with Crippen molar-refractivity contribution in [2.45, 2.75) is 65.5 Å². The van der Waals surface area contributed by atoms with Gasteiger partial charge in [0, 0.05) is 31.1 Å². The van der Waals surface area contributed by atoms with Gasteiger partial charge < -0.3 is 10.2 Å². The van der Waals surface area contributed by atoms with E-state index in [9.17, 15) is 14.4 Å². The number of fused-ring (bicyclic) bond motifs is 2. The predicted molar refractivity (Wildman–Crippen MR) is 113 cm³/mol. The van der Waals surface area contributed by atoms with Gasteiger partial charge in [-0.15, -0.1) is 0 Å². The molecule has 0 atom stereocenters. The topological polar surface area (TPSA) is 84.3 Å². The number of carbonyl (C=O) groups excluding carboxylic acids is 2. The minimum absolute atomic E-state index is 0.00578. The highest BCUT2D eigenvalue weighted by Crippen LogP contribution is 2.17. The lowest BCUT2D eigenvalue weighted by molar-refractivity contribution is -0.122. The number of hydrogen-bond acceptors (Lipinski definition) is 4. The maximum Gasteiger partial charge on any atom is 0.261 e. The molecule has 0 saturated heterocycles. The van der Waals surface area contributed by atoms with Gasteiger partial charge in [0.25, 0.3) is 11.5 Å². The van der Waals surface area contributed by atoms with Gasteiger partial charge in [0.15, 0.2) is 0 Å². The summed E-state index contributed by atoms with van der Waals surface area (Å²) in [7, 11) is 0. The van der Waals surface area contributed by atoms with Crippen LogP contribution in [0.3, 0.4) is 0 Å². The Kier molecular flexibility index (Phi) is 6.67. The zero-order valence-electron chi connectivity index (χ0n) is 17.5. The van der Waals surface area contributed by atoms with Crippen LogP contribution in [0.25, 0.3) is 10.9 Å². The average Bonchev–Trinajstić information content (AvgIpc) is 2.66. The van der Waals surface area contributed by atoms with Crippen molar-refractivity contribution in [2.24, 2.45) is 0 Å². The summed E-state index contributed by atoms with van der Waals surface area (Å²) >= 11 is 0. The summed E-state index contributed by atoms with van der Waals surface area (Å²) in [5.74, 6) is 0.381. The Balaban J connectivity index is 1.91. The first kappa shape index (κ1) is 21.0. The molecule has 0 aliphatic carbocycles. The molecule has 1 aliphatic rings. The van der Waals surface area contributed by atoms with Crippen molar-refractivity contribution in [3.05, 3.63) is 39.9 Å². The number of aromatic nitrogens is 2. The van der Waals surface area contributed by atoms with Crippen LogP contribution < -0.4 is 10.9 Å². The van der Waals surface area contributed by atoms with Crippen LogP contribution in [0.4, 0.5) is 0 Å². The van der Waals surface area contributed by atoms with Crippen LogP contribution >= 0.6 is 0 Å². The summed E-state index contributed by atoms with van der Waals surface area (Å²) in [6.07, 6.45) is 5.07. The van der Waals surface area contributed by atoms with Crippen LogP contribution in [0.2, 0.25) is 0 Å². The first-order valence-corrected chi connectivity index (χ1v) is 10.5. The van der Waals surface area contributed by atoms with E-state index >= 15 is 0 Å². The van der Waals surface area contributed by atoms with Crippen molar-refractivity contribution in [3.63, 3.8) is 0 Å². The molecule has 1 N–H and O–H groups in total. The molecule has 7 heteroatoms. The van der Waals surface area contributed by atoms with Crippen molar-refractivity contribution < 1.29 is 9.59 Å². The molecule has 2 amide bonds. The van der Waals surface area contributed by atoms with Gasteiger partial charge in [-0.3, -0.25) is 19.0 Å². The van der Waals surface area contributed by atoms with Gasteiger partial charge in [0.1, 0.15) is 5.82 Å². The van der Waals surface area contributed by atoms with E-state index in [0.29, 0.717) is 29.6 Å². The van der Waals surface area contributed by atoms with E-state index in [1.807, 2.05) is 20.8 Å². The van der Waals surface area contributed by atoms with E-state index in [2.05, 4.69) is 5.32 Å². The Labute approximate surface area is 171 Å². The van der Waals surface area contributed by atoms with E-state index in [-0.39, 0.29) is 30.0 Å². The third-order valence-electron chi connectivity index (χ3n) is 5.27. The number of benzene rings is 1. The molecule has 2 heterocycles. The quantitative estimate of drug-likeness (QED) is 0.839. The predicted octanol–water partition coefficient (Wildman–Crippen LogP) is 2.50. The van der Waals surface area contributed by atoms with Crippen molar-refractivity contribution in [3.8, 4) is 0 Å². The van der Waals surface area contributed by atoms with Crippen LogP contribution in [0.1, 0.15) is 62.6 Å². The summed E-state index contributed by atoms with van der Waals surface area (Å²) in [5.41, 5.74) is 0.962. The van der Waals surface area contributed by atoms with Gasteiger partial charge in [-0.2, -0.15) is 0 Å². The van der Waals surface area contributed by atoms with Crippen LogP contribution in [-0.2, 0) is 17.8 Å². The zero-order valence-corrected chi connectivity index (χ0v) is 17.5. The lowest BCUT2D eigenvalue weighted by Gasteiger charge is -2.21. The molecule has 0 radical (unpaired) electrons. The third kappa shape index (κ3) is 4.83. The largest absolute Gasteiger partial charge is 0.352 e. The number of nitrogens with one attached hydrogen (secondary N) is 1. The van der Waals surface area contributed by atoms with Gasteiger partial charge in [-0.05, 0) is 51.8 Å². The molecule has 3 rings (SSSR count). The lowest BCUT2D eigenvalue weighted by Crippen LogP contribution is -2.42. The Morgan fingerprint density at radius 1 is 1.21 bits per heavy atom. The fourth-order valence-electron chi connectivity index (χ4n) is 3.78. The number of hydrogen-bond donors (Lipinski definition) is 1. The summed E-state index contributed by atoms with van der Waals surface area (Å²) < 4.78 is 1.79. The van der Waals surface area contributed by atoms with Gasteiger partial charge in [0.2, 0.25) is 5.91 Å². The minimum atomic E-state index is -0.234. The van der Waals surface area contributed by atoms with Gasteiger partial charge >= 0.3 is 0 Å². The summed E-state index contributed by atoms with van der Waals surface area (Å²) in [4.78, 5) is 44.2. The van der Waals surface area contributed by atoms with E-state index in [4.69, 9.17) is 4.98 Å². The van der Waals surface area contributed by atoms with E-state index in [1.165, 1.54) is 4.90 Å². The first-order chi connectivity index (χ1) is 13.9. The summed E-state index contributed by atoms with van der Waals surface area (Å²) in [6, 6.07) is 5.05. The maximum absolute atomic E-state index is 12.9. The molecule has 1 aromatic carbocycles. The van der Waals surface area contributed by atoms with E-state index in [1.54, 1.807) is 22.8 Å².